The number of likely N-dealkylation sites (tertiary alicyclic amines) is 1. The maximum Gasteiger partial charge on any atom is 0.232 e. The van der Waals surface area contributed by atoms with Crippen LogP contribution in [0.5, 0.6) is 0 Å². The van der Waals surface area contributed by atoms with Gasteiger partial charge in [-0.05, 0) is 61.3 Å². The number of anilines is 2. The number of hydrogen-bond acceptors (Lipinski definition) is 5. The average molecular weight is 401 g/mol. The minimum absolute atomic E-state index is 0.0227. The maximum absolute atomic E-state index is 5.95. The second-order valence-corrected chi connectivity index (χ2v) is 6.54. The lowest BCUT2D eigenvalue weighted by Crippen LogP contribution is -2.29. The summed E-state index contributed by atoms with van der Waals surface area (Å²) in [5.41, 5.74) is 0.669. The van der Waals surface area contributed by atoms with E-state index < -0.39 is 0 Å². The summed E-state index contributed by atoms with van der Waals surface area (Å²) in [6, 6.07) is 7.18. The van der Waals surface area contributed by atoms with Crippen LogP contribution in [0.3, 0.4) is 0 Å². The highest BCUT2D eigenvalue weighted by atomic mass is 35.5. The number of hydrogen-bond donors (Lipinski definition) is 1. The molecule has 1 aromatic carbocycles. The Bertz CT molecular complexity index is 669. The number of rotatable bonds is 4. The summed E-state index contributed by atoms with van der Waals surface area (Å²) in [6.07, 6.45) is 6.18. The molecule has 25 heavy (non-hydrogen) atoms. The third kappa shape index (κ3) is 7.16. The number of para-hydroxylation sites is 1. The van der Waals surface area contributed by atoms with Crippen LogP contribution in [0, 0.1) is 0 Å². The first-order valence-corrected chi connectivity index (χ1v) is 9.14. The fourth-order valence-electron chi connectivity index (χ4n) is 2.39. The van der Waals surface area contributed by atoms with Crippen LogP contribution in [-0.4, -0.2) is 39.5 Å². The average Bonchev–Trinajstić information content (AvgIpc) is 2.58. The Morgan fingerprint density at radius 3 is 2.24 bits per heavy atom. The number of piperidine rings is 1. The quantitative estimate of drug-likeness (QED) is 0.712. The zero-order chi connectivity index (χ0) is 18.1. The molecule has 0 saturated carbocycles. The van der Waals surface area contributed by atoms with Crippen LogP contribution in [0.2, 0.25) is 15.6 Å². The van der Waals surface area contributed by atoms with Crippen LogP contribution in [0.15, 0.2) is 36.9 Å². The molecule has 0 spiro atoms. The van der Waals surface area contributed by atoms with Crippen molar-refractivity contribution in [2.24, 2.45) is 0 Å². The summed E-state index contributed by atoms with van der Waals surface area (Å²) in [5.74, 6) is 0.248. The first-order valence-electron chi connectivity index (χ1n) is 8.00. The van der Waals surface area contributed by atoms with E-state index in [1.165, 1.54) is 32.4 Å². The van der Waals surface area contributed by atoms with Gasteiger partial charge in [0.25, 0.3) is 0 Å². The summed E-state index contributed by atoms with van der Waals surface area (Å²) in [5, 5.41) is 3.49. The molecule has 0 unspecified atom stereocenters. The molecule has 2 aromatic rings. The second kappa shape index (κ2) is 10.6. The Morgan fingerprint density at radius 1 is 1.00 bits per heavy atom. The Hall–Kier alpha value is -1.40. The summed E-state index contributed by atoms with van der Waals surface area (Å²) in [6.45, 7) is 7.36. The topological polar surface area (TPSA) is 53.9 Å². The molecule has 8 heteroatoms. The first-order chi connectivity index (χ1) is 12.1. The van der Waals surface area contributed by atoms with Crippen molar-refractivity contribution in [3.05, 3.63) is 52.5 Å². The third-order valence-corrected chi connectivity index (χ3v) is 4.20. The second-order valence-electron chi connectivity index (χ2n) is 5.45. The van der Waals surface area contributed by atoms with Crippen LogP contribution in [0.25, 0.3) is 0 Å². The van der Waals surface area contributed by atoms with Crippen molar-refractivity contribution in [3.8, 4) is 0 Å². The molecular formula is C17H20Cl3N5. The highest BCUT2D eigenvalue weighted by Crippen LogP contribution is 2.23. The van der Waals surface area contributed by atoms with E-state index in [4.69, 9.17) is 34.8 Å². The van der Waals surface area contributed by atoms with Gasteiger partial charge in [-0.3, -0.25) is 4.90 Å². The smallest absolute Gasteiger partial charge is 0.232 e. The number of aromatic nitrogens is 3. The highest BCUT2D eigenvalue weighted by molar-refractivity contribution is 6.33. The summed E-state index contributed by atoms with van der Waals surface area (Å²) < 4.78 is 0. The fraction of sp³-hybridized carbons (Fsp3) is 0.353. The van der Waals surface area contributed by atoms with E-state index >= 15 is 0 Å². The summed E-state index contributed by atoms with van der Waals surface area (Å²) in [4.78, 5) is 13.8. The van der Waals surface area contributed by atoms with Crippen LogP contribution in [0.4, 0.5) is 11.6 Å². The van der Waals surface area contributed by atoms with Gasteiger partial charge in [-0.25, -0.2) is 0 Å². The lowest BCUT2D eigenvalue weighted by molar-refractivity contribution is 0.251. The summed E-state index contributed by atoms with van der Waals surface area (Å²) >= 11 is 17.2. The number of benzene rings is 1. The van der Waals surface area contributed by atoms with Crippen LogP contribution in [-0.2, 0) is 0 Å². The largest absolute Gasteiger partial charge is 0.323 e. The zero-order valence-electron chi connectivity index (χ0n) is 13.8. The van der Waals surface area contributed by atoms with Crippen molar-refractivity contribution in [2.45, 2.75) is 19.3 Å². The Kier molecular flexibility index (Phi) is 8.41. The third-order valence-electron chi connectivity index (χ3n) is 3.54. The Balaban J connectivity index is 0.000000212. The molecule has 0 amide bonds. The minimum atomic E-state index is 0.0227. The normalized spacial score (nSPS) is 14.4. The molecule has 1 saturated heterocycles. The molecule has 1 fully saturated rings. The van der Waals surface area contributed by atoms with Gasteiger partial charge in [-0.1, -0.05) is 36.2 Å². The predicted octanol–water partition coefficient (Wildman–Crippen LogP) is 5.23. The molecule has 5 nitrogen and oxygen atoms in total. The van der Waals surface area contributed by atoms with Crippen LogP contribution >= 0.6 is 34.8 Å². The van der Waals surface area contributed by atoms with E-state index in [9.17, 15) is 0 Å². The van der Waals surface area contributed by atoms with Gasteiger partial charge in [0.2, 0.25) is 16.5 Å². The monoisotopic (exact) mass is 399 g/mol. The lowest BCUT2D eigenvalue weighted by atomic mass is 10.1. The van der Waals surface area contributed by atoms with Crippen molar-refractivity contribution >= 4 is 46.4 Å². The van der Waals surface area contributed by atoms with Crippen molar-refractivity contribution in [3.63, 3.8) is 0 Å². The molecule has 0 aliphatic carbocycles. The number of halogens is 3. The van der Waals surface area contributed by atoms with Crippen LogP contribution < -0.4 is 5.32 Å². The zero-order valence-corrected chi connectivity index (χ0v) is 16.0. The van der Waals surface area contributed by atoms with E-state index in [-0.39, 0.29) is 16.5 Å². The minimum Gasteiger partial charge on any atom is -0.323 e. The van der Waals surface area contributed by atoms with Gasteiger partial charge in [-0.15, -0.1) is 6.58 Å². The molecule has 1 aliphatic heterocycles. The predicted molar refractivity (Wildman–Crippen MR) is 105 cm³/mol. The molecule has 0 bridgehead atoms. The van der Waals surface area contributed by atoms with Crippen LogP contribution in [0.1, 0.15) is 19.3 Å². The van der Waals surface area contributed by atoms with Crippen molar-refractivity contribution in [2.75, 3.05) is 25.0 Å². The van der Waals surface area contributed by atoms with E-state index in [1.807, 2.05) is 18.2 Å². The summed E-state index contributed by atoms with van der Waals surface area (Å²) in [7, 11) is 0. The van der Waals surface area contributed by atoms with E-state index in [0.29, 0.717) is 10.7 Å². The molecule has 1 aliphatic rings. The maximum atomic E-state index is 5.95. The fourth-order valence-corrected chi connectivity index (χ4v) is 2.94. The molecule has 1 N–H and O–H groups in total. The standard InChI is InChI=1S/C9H5Cl3N4.C8H15N/c10-5-3-1-2-4-6(5)13-9-15-7(11)14-8(12)16-9;1-2-6-9-7-4-3-5-8-9/h1-4H,(H,13,14,15,16);2H,1,3-8H2. The van der Waals surface area contributed by atoms with Crippen molar-refractivity contribution in [1.82, 2.24) is 19.9 Å². The van der Waals surface area contributed by atoms with Gasteiger partial charge >= 0.3 is 0 Å². The molecule has 2 heterocycles. The highest BCUT2D eigenvalue weighted by Gasteiger charge is 2.06. The molecule has 1 aromatic heterocycles. The SMILES string of the molecule is C=CCN1CCCCC1.Clc1nc(Cl)nc(Nc2ccccc2Cl)n1. The molecule has 3 rings (SSSR count). The molecular weight excluding hydrogens is 381 g/mol. The molecule has 0 atom stereocenters. The number of nitrogens with one attached hydrogen (secondary N) is 1. The molecule has 0 radical (unpaired) electrons. The van der Waals surface area contributed by atoms with E-state index in [1.54, 1.807) is 12.1 Å². The van der Waals surface area contributed by atoms with E-state index in [0.717, 1.165) is 6.54 Å². The van der Waals surface area contributed by atoms with E-state index in [2.05, 4.69) is 31.7 Å². The van der Waals surface area contributed by atoms with Crippen molar-refractivity contribution in [1.29, 1.82) is 0 Å². The van der Waals surface area contributed by atoms with Gasteiger partial charge in [0.1, 0.15) is 0 Å². The van der Waals surface area contributed by atoms with Gasteiger partial charge < -0.3 is 5.32 Å². The van der Waals surface area contributed by atoms with Gasteiger partial charge in [0, 0.05) is 6.54 Å². The lowest BCUT2D eigenvalue weighted by Gasteiger charge is -2.24. The number of nitrogens with zero attached hydrogens (tertiary/aromatic N) is 4. The van der Waals surface area contributed by atoms with Gasteiger partial charge in [-0.2, -0.15) is 15.0 Å². The van der Waals surface area contributed by atoms with Gasteiger partial charge in [0.05, 0.1) is 10.7 Å². The Labute approximate surface area is 163 Å². The van der Waals surface area contributed by atoms with Crippen molar-refractivity contribution < 1.29 is 0 Å². The van der Waals surface area contributed by atoms with Gasteiger partial charge in [0.15, 0.2) is 0 Å². The first kappa shape index (κ1) is 19.9. The molecule has 134 valence electrons. The Morgan fingerprint density at radius 2 is 1.64 bits per heavy atom.